The van der Waals surface area contributed by atoms with Crippen molar-refractivity contribution in [3.05, 3.63) is 48.2 Å². The van der Waals surface area contributed by atoms with Crippen molar-refractivity contribution >= 4 is 0 Å². The number of aliphatic hydroxyl groups excluding tert-OH is 1. The lowest BCUT2D eigenvalue weighted by Gasteiger charge is -2.09. The molecule has 1 aromatic carbocycles. The van der Waals surface area contributed by atoms with E-state index in [9.17, 15) is 13.2 Å². The first-order valence-corrected chi connectivity index (χ1v) is 5.56. The quantitative estimate of drug-likeness (QED) is 0.936. The van der Waals surface area contributed by atoms with Crippen LogP contribution in [0.5, 0.6) is 17.4 Å². The highest BCUT2D eigenvalue weighted by Gasteiger charge is 2.30. The number of rotatable bonds is 4. The molecule has 0 unspecified atom stereocenters. The third-order valence-corrected chi connectivity index (χ3v) is 2.26. The average molecular weight is 285 g/mol. The van der Waals surface area contributed by atoms with Crippen LogP contribution >= 0.6 is 0 Å². The van der Waals surface area contributed by atoms with Gasteiger partial charge in [0.05, 0.1) is 6.61 Å². The van der Waals surface area contributed by atoms with Crippen LogP contribution in [0.3, 0.4) is 0 Å². The van der Waals surface area contributed by atoms with E-state index in [1.807, 2.05) is 0 Å². The van der Waals surface area contributed by atoms with E-state index in [1.165, 1.54) is 24.4 Å². The van der Waals surface area contributed by atoms with Crippen LogP contribution in [-0.2, 0) is 6.61 Å². The lowest BCUT2D eigenvalue weighted by Crippen LogP contribution is -2.16. The summed E-state index contributed by atoms with van der Waals surface area (Å²) in [4.78, 5) is 3.92. The largest absolute Gasteiger partial charge is 0.573 e. The van der Waals surface area contributed by atoms with E-state index < -0.39 is 6.36 Å². The van der Waals surface area contributed by atoms with Crippen molar-refractivity contribution in [2.45, 2.75) is 13.0 Å². The molecule has 1 N–H and O–H groups in total. The van der Waals surface area contributed by atoms with Crippen LogP contribution < -0.4 is 9.47 Å². The molecule has 0 aliphatic heterocycles. The summed E-state index contributed by atoms with van der Waals surface area (Å²) in [6.07, 6.45) is -3.26. The summed E-state index contributed by atoms with van der Waals surface area (Å²) < 4.78 is 45.0. The average Bonchev–Trinajstić information content (AvgIpc) is 2.40. The molecule has 0 aliphatic carbocycles. The van der Waals surface area contributed by atoms with Crippen molar-refractivity contribution in [1.29, 1.82) is 0 Å². The van der Waals surface area contributed by atoms with Crippen LogP contribution in [0.25, 0.3) is 0 Å². The Bertz CT molecular complexity index is 570. The summed E-state index contributed by atoms with van der Waals surface area (Å²) in [5.74, 6) is 0.213. The number of pyridine rings is 1. The maximum Gasteiger partial charge on any atom is 0.573 e. The molecule has 20 heavy (non-hydrogen) atoms. The van der Waals surface area contributed by atoms with Gasteiger partial charge in [0.2, 0.25) is 5.88 Å². The summed E-state index contributed by atoms with van der Waals surface area (Å²) in [7, 11) is 0. The SMILES string of the molecule is OCc1ccnc(Oc2ccc(OC(F)(F)F)cc2)c1. The predicted molar refractivity (Wildman–Crippen MR) is 63.4 cm³/mol. The molecule has 0 bridgehead atoms. The maximum absolute atomic E-state index is 12.0. The van der Waals surface area contributed by atoms with E-state index in [1.54, 1.807) is 6.07 Å². The highest BCUT2D eigenvalue weighted by Crippen LogP contribution is 2.26. The third-order valence-electron chi connectivity index (χ3n) is 2.26. The highest BCUT2D eigenvalue weighted by atomic mass is 19.4. The first-order valence-electron chi connectivity index (χ1n) is 5.56. The topological polar surface area (TPSA) is 51.6 Å². The van der Waals surface area contributed by atoms with E-state index in [-0.39, 0.29) is 18.2 Å². The number of ether oxygens (including phenoxy) is 2. The standard InChI is InChI=1S/C13H10F3NO3/c14-13(15,16)20-11-3-1-10(2-4-11)19-12-7-9(8-18)5-6-17-12/h1-7,18H,8H2. The molecular weight excluding hydrogens is 275 g/mol. The van der Waals surface area contributed by atoms with Gasteiger partial charge in [0.1, 0.15) is 11.5 Å². The molecule has 1 aromatic heterocycles. The number of hydrogen-bond donors (Lipinski definition) is 1. The molecule has 0 radical (unpaired) electrons. The fourth-order valence-electron chi connectivity index (χ4n) is 1.43. The molecule has 0 aliphatic rings. The Balaban J connectivity index is 2.06. The smallest absolute Gasteiger partial charge is 0.439 e. The lowest BCUT2D eigenvalue weighted by atomic mass is 10.3. The number of aliphatic hydroxyl groups is 1. The van der Waals surface area contributed by atoms with Crippen molar-refractivity contribution in [2.75, 3.05) is 0 Å². The Labute approximate surface area is 112 Å². The van der Waals surface area contributed by atoms with Gasteiger partial charge in [-0.05, 0) is 35.9 Å². The third kappa shape index (κ3) is 4.13. The van der Waals surface area contributed by atoms with Crippen LogP contribution in [-0.4, -0.2) is 16.5 Å². The summed E-state index contributed by atoms with van der Waals surface area (Å²) >= 11 is 0. The maximum atomic E-state index is 12.0. The van der Waals surface area contributed by atoms with Crippen LogP contribution in [0.4, 0.5) is 13.2 Å². The molecular formula is C13H10F3NO3. The number of hydrogen-bond acceptors (Lipinski definition) is 4. The van der Waals surface area contributed by atoms with Gasteiger partial charge in [0.25, 0.3) is 0 Å². The number of aromatic nitrogens is 1. The van der Waals surface area contributed by atoms with E-state index in [4.69, 9.17) is 9.84 Å². The van der Waals surface area contributed by atoms with Gasteiger partial charge < -0.3 is 14.6 Å². The number of benzene rings is 1. The molecule has 7 heteroatoms. The summed E-state index contributed by atoms with van der Waals surface area (Å²) in [6, 6.07) is 8.08. The fraction of sp³-hybridized carbons (Fsp3) is 0.154. The Morgan fingerprint density at radius 1 is 1.05 bits per heavy atom. The van der Waals surface area contributed by atoms with Crippen molar-refractivity contribution < 1.29 is 27.8 Å². The minimum absolute atomic E-state index is 0.156. The first-order chi connectivity index (χ1) is 9.46. The molecule has 106 valence electrons. The van der Waals surface area contributed by atoms with Crippen LogP contribution in [0.1, 0.15) is 5.56 Å². The monoisotopic (exact) mass is 285 g/mol. The van der Waals surface area contributed by atoms with Crippen molar-refractivity contribution in [2.24, 2.45) is 0 Å². The second-order valence-corrected chi connectivity index (χ2v) is 3.78. The Kier molecular flexibility index (Phi) is 4.09. The zero-order valence-corrected chi connectivity index (χ0v) is 10.1. The fourth-order valence-corrected chi connectivity index (χ4v) is 1.43. The molecule has 1 heterocycles. The second-order valence-electron chi connectivity index (χ2n) is 3.78. The predicted octanol–water partition coefficient (Wildman–Crippen LogP) is 3.26. The molecule has 0 atom stereocenters. The molecule has 2 rings (SSSR count). The molecule has 0 saturated carbocycles. The van der Waals surface area contributed by atoms with Crippen molar-refractivity contribution in [3.63, 3.8) is 0 Å². The van der Waals surface area contributed by atoms with E-state index in [0.717, 1.165) is 12.1 Å². The van der Waals surface area contributed by atoms with Gasteiger partial charge in [0, 0.05) is 12.3 Å². The summed E-state index contributed by atoms with van der Waals surface area (Å²) in [5.41, 5.74) is 0.618. The van der Waals surface area contributed by atoms with E-state index in [2.05, 4.69) is 9.72 Å². The van der Waals surface area contributed by atoms with Crippen LogP contribution in [0, 0.1) is 0 Å². The molecule has 0 spiro atoms. The van der Waals surface area contributed by atoms with E-state index >= 15 is 0 Å². The number of nitrogens with zero attached hydrogens (tertiary/aromatic N) is 1. The molecule has 0 saturated heterocycles. The Morgan fingerprint density at radius 3 is 2.30 bits per heavy atom. The molecule has 2 aromatic rings. The first kappa shape index (κ1) is 14.1. The van der Waals surface area contributed by atoms with Gasteiger partial charge in [-0.1, -0.05) is 0 Å². The number of alkyl halides is 3. The molecule has 0 fully saturated rings. The van der Waals surface area contributed by atoms with E-state index in [0.29, 0.717) is 11.3 Å². The summed E-state index contributed by atoms with van der Waals surface area (Å²) in [5, 5.41) is 8.97. The summed E-state index contributed by atoms with van der Waals surface area (Å²) in [6.45, 7) is -0.156. The van der Waals surface area contributed by atoms with Crippen LogP contribution in [0.15, 0.2) is 42.6 Å². The van der Waals surface area contributed by atoms with Crippen molar-refractivity contribution in [1.82, 2.24) is 4.98 Å². The number of halogens is 3. The van der Waals surface area contributed by atoms with Gasteiger partial charge in [0.15, 0.2) is 0 Å². The second kappa shape index (κ2) is 5.79. The van der Waals surface area contributed by atoms with Gasteiger partial charge in [-0.15, -0.1) is 13.2 Å². The van der Waals surface area contributed by atoms with Gasteiger partial charge in [-0.3, -0.25) is 0 Å². The Hall–Kier alpha value is -2.28. The zero-order valence-electron chi connectivity index (χ0n) is 10.1. The minimum Gasteiger partial charge on any atom is -0.439 e. The highest BCUT2D eigenvalue weighted by molar-refractivity contribution is 5.34. The molecule has 4 nitrogen and oxygen atoms in total. The zero-order chi connectivity index (χ0) is 14.6. The van der Waals surface area contributed by atoms with Gasteiger partial charge >= 0.3 is 6.36 Å². The minimum atomic E-state index is -4.72. The Morgan fingerprint density at radius 2 is 1.70 bits per heavy atom. The normalized spacial score (nSPS) is 11.2. The molecule has 0 amide bonds. The van der Waals surface area contributed by atoms with Crippen molar-refractivity contribution in [3.8, 4) is 17.4 Å². The van der Waals surface area contributed by atoms with Gasteiger partial charge in [-0.2, -0.15) is 0 Å². The lowest BCUT2D eigenvalue weighted by molar-refractivity contribution is -0.274. The van der Waals surface area contributed by atoms with Crippen LogP contribution in [0.2, 0.25) is 0 Å². The van der Waals surface area contributed by atoms with Gasteiger partial charge in [-0.25, -0.2) is 4.98 Å².